The number of aliphatic carboxylic acids is 1. The minimum atomic E-state index is -4.78. The summed E-state index contributed by atoms with van der Waals surface area (Å²) in [5, 5.41) is 11.5. The van der Waals surface area contributed by atoms with Crippen LogP contribution in [0.1, 0.15) is 18.5 Å². The van der Waals surface area contributed by atoms with E-state index in [0.29, 0.717) is 10.6 Å². The largest absolute Gasteiger partial charge is 0.481 e. The highest BCUT2D eigenvalue weighted by Gasteiger charge is 2.44. The number of nitrogens with one attached hydrogen (secondary N) is 1. The maximum atomic E-state index is 12.5. The molecule has 0 saturated heterocycles. The Hall–Kier alpha value is -1.27. The number of alkyl halides is 3. The van der Waals surface area contributed by atoms with E-state index in [1.54, 1.807) is 31.2 Å². The second kappa shape index (κ2) is 6.25. The molecule has 19 heavy (non-hydrogen) atoms. The molecule has 2 N–H and O–H groups in total. The zero-order chi connectivity index (χ0) is 14.6. The van der Waals surface area contributed by atoms with Gasteiger partial charge in [-0.2, -0.15) is 13.2 Å². The van der Waals surface area contributed by atoms with Crippen molar-refractivity contribution in [1.29, 1.82) is 0 Å². The number of hydrogen-bond donors (Lipinski definition) is 2. The summed E-state index contributed by atoms with van der Waals surface area (Å²) in [7, 11) is 0. The zero-order valence-corrected chi connectivity index (χ0v) is 10.8. The van der Waals surface area contributed by atoms with E-state index in [1.165, 1.54) is 0 Å². The molecular weight excluding hydrogens is 283 g/mol. The highest BCUT2D eigenvalue weighted by atomic mass is 35.5. The predicted molar refractivity (Wildman–Crippen MR) is 65.1 cm³/mol. The van der Waals surface area contributed by atoms with E-state index in [4.69, 9.17) is 16.7 Å². The van der Waals surface area contributed by atoms with Crippen LogP contribution in [0.2, 0.25) is 5.02 Å². The maximum absolute atomic E-state index is 12.5. The number of halogens is 4. The molecule has 0 aliphatic carbocycles. The number of carboxylic acids is 1. The lowest BCUT2D eigenvalue weighted by Gasteiger charge is -2.20. The van der Waals surface area contributed by atoms with Crippen molar-refractivity contribution in [2.24, 2.45) is 5.92 Å². The Morgan fingerprint density at radius 3 is 2.47 bits per heavy atom. The Balaban J connectivity index is 2.70. The van der Waals surface area contributed by atoms with Crippen molar-refractivity contribution in [2.45, 2.75) is 19.1 Å². The fraction of sp³-hybridized carbons (Fsp3) is 0.417. The summed E-state index contributed by atoms with van der Waals surface area (Å²) < 4.78 is 37.4. The first-order valence-electron chi connectivity index (χ1n) is 5.50. The molecule has 0 spiro atoms. The molecule has 0 heterocycles. The second-order valence-electron chi connectivity index (χ2n) is 4.08. The Labute approximate surface area is 113 Å². The van der Waals surface area contributed by atoms with Crippen LogP contribution >= 0.6 is 11.6 Å². The molecule has 0 saturated carbocycles. The Morgan fingerprint density at radius 2 is 2.00 bits per heavy atom. The van der Waals surface area contributed by atoms with E-state index in [1.807, 2.05) is 0 Å². The Bertz CT molecular complexity index is 451. The molecule has 0 aliphatic heterocycles. The lowest BCUT2D eigenvalue weighted by atomic mass is 10.1. The van der Waals surface area contributed by atoms with E-state index in [2.05, 4.69) is 5.32 Å². The lowest BCUT2D eigenvalue weighted by molar-refractivity contribution is -0.192. The zero-order valence-electron chi connectivity index (χ0n) is 10.0. The van der Waals surface area contributed by atoms with Crippen LogP contribution in [-0.2, 0) is 4.79 Å². The van der Waals surface area contributed by atoms with E-state index in [9.17, 15) is 18.0 Å². The summed E-state index contributed by atoms with van der Waals surface area (Å²) in [6, 6.07) is 6.22. The molecule has 0 aliphatic rings. The summed E-state index contributed by atoms with van der Waals surface area (Å²) in [5.41, 5.74) is 0.621. The number of hydrogen-bond acceptors (Lipinski definition) is 2. The van der Waals surface area contributed by atoms with Crippen LogP contribution in [0.15, 0.2) is 24.3 Å². The number of carbonyl (C=O) groups is 1. The standard InChI is InChI=1S/C12H13ClF3NO2/c1-7(8-4-2-3-5-10(8)13)17-6-9(11(18)19)12(14,15)16/h2-5,7,9,17H,6H2,1H3,(H,18,19)/t7-,9?/m1/s1. The van der Waals surface area contributed by atoms with Gasteiger partial charge in [0.25, 0.3) is 0 Å². The molecule has 0 fully saturated rings. The fourth-order valence-electron chi connectivity index (χ4n) is 1.57. The number of benzene rings is 1. The molecular formula is C12H13ClF3NO2. The van der Waals surface area contributed by atoms with Crippen LogP contribution < -0.4 is 5.32 Å². The van der Waals surface area contributed by atoms with Crippen LogP contribution in [0, 0.1) is 5.92 Å². The van der Waals surface area contributed by atoms with Gasteiger partial charge in [0.15, 0.2) is 5.92 Å². The molecule has 106 valence electrons. The summed E-state index contributed by atoms with van der Waals surface area (Å²) >= 11 is 5.91. The predicted octanol–water partition coefficient (Wildman–Crippen LogP) is 3.25. The van der Waals surface area contributed by atoms with Gasteiger partial charge in [-0.05, 0) is 18.6 Å². The Kier molecular flexibility index (Phi) is 5.20. The van der Waals surface area contributed by atoms with Crippen LogP contribution in [0.3, 0.4) is 0 Å². The van der Waals surface area contributed by atoms with Crippen LogP contribution in [0.5, 0.6) is 0 Å². The summed E-state index contributed by atoms with van der Waals surface area (Å²) in [5.74, 6) is -4.33. The molecule has 0 bridgehead atoms. The van der Waals surface area contributed by atoms with E-state index in [0.717, 1.165) is 0 Å². The summed E-state index contributed by atoms with van der Waals surface area (Å²) in [4.78, 5) is 10.6. The number of carboxylic acid groups (broad SMARTS) is 1. The van der Waals surface area contributed by atoms with Crippen molar-refractivity contribution in [3.63, 3.8) is 0 Å². The molecule has 1 unspecified atom stereocenters. The normalized spacial score (nSPS) is 15.0. The van der Waals surface area contributed by atoms with E-state index < -0.39 is 30.7 Å². The average molecular weight is 296 g/mol. The molecule has 2 atom stereocenters. The van der Waals surface area contributed by atoms with Crippen LogP contribution in [-0.4, -0.2) is 23.8 Å². The van der Waals surface area contributed by atoms with Crippen molar-refractivity contribution in [1.82, 2.24) is 5.32 Å². The van der Waals surface area contributed by atoms with Gasteiger partial charge in [0.1, 0.15) is 0 Å². The molecule has 0 aromatic heterocycles. The third-order valence-electron chi connectivity index (χ3n) is 2.69. The molecule has 3 nitrogen and oxygen atoms in total. The van der Waals surface area contributed by atoms with Crippen molar-refractivity contribution in [2.75, 3.05) is 6.54 Å². The Morgan fingerprint density at radius 1 is 1.42 bits per heavy atom. The smallest absolute Gasteiger partial charge is 0.403 e. The van der Waals surface area contributed by atoms with Crippen molar-refractivity contribution in [3.05, 3.63) is 34.9 Å². The fourth-order valence-corrected chi connectivity index (χ4v) is 1.87. The average Bonchev–Trinajstić information content (AvgIpc) is 2.27. The molecule has 7 heteroatoms. The maximum Gasteiger partial charge on any atom is 0.403 e. The first-order chi connectivity index (χ1) is 8.73. The molecule has 1 aromatic rings. The van der Waals surface area contributed by atoms with Gasteiger partial charge < -0.3 is 10.4 Å². The first kappa shape index (κ1) is 15.8. The topological polar surface area (TPSA) is 49.3 Å². The second-order valence-corrected chi connectivity index (χ2v) is 4.49. The van der Waals surface area contributed by atoms with E-state index >= 15 is 0 Å². The van der Waals surface area contributed by atoms with E-state index in [-0.39, 0.29) is 0 Å². The molecule has 1 aromatic carbocycles. The number of rotatable bonds is 5. The third-order valence-corrected chi connectivity index (χ3v) is 3.04. The van der Waals surface area contributed by atoms with Crippen LogP contribution in [0.4, 0.5) is 13.2 Å². The van der Waals surface area contributed by atoms with Gasteiger partial charge in [-0.25, -0.2) is 0 Å². The van der Waals surface area contributed by atoms with Gasteiger partial charge >= 0.3 is 12.1 Å². The lowest BCUT2D eigenvalue weighted by Crippen LogP contribution is -2.39. The molecule has 0 amide bonds. The van der Waals surface area contributed by atoms with Crippen LogP contribution in [0.25, 0.3) is 0 Å². The van der Waals surface area contributed by atoms with Gasteiger partial charge in [-0.1, -0.05) is 29.8 Å². The minimum absolute atomic E-state index is 0.418. The van der Waals surface area contributed by atoms with Gasteiger partial charge in [-0.3, -0.25) is 4.79 Å². The van der Waals surface area contributed by atoms with Gasteiger partial charge in [0, 0.05) is 17.6 Å². The minimum Gasteiger partial charge on any atom is -0.481 e. The van der Waals surface area contributed by atoms with Crippen molar-refractivity contribution >= 4 is 17.6 Å². The SMILES string of the molecule is C[C@@H](NCC(C(=O)O)C(F)(F)F)c1ccccc1Cl. The van der Waals surface area contributed by atoms with Gasteiger partial charge in [0.05, 0.1) is 0 Å². The first-order valence-corrected chi connectivity index (χ1v) is 5.88. The quantitative estimate of drug-likeness (QED) is 0.876. The summed E-state index contributed by atoms with van der Waals surface area (Å²) in [6.45, 7) is 0.918. The van der Waals surface area contributed by atoms with Gasteiger partial charge in [-0.15, -0.1) is 0 Å². The van der Waals surface area contributed by atoms with Gasteiger partial charge in [0.2, 0.25) is 0 Å². The highest BCUT2D eigenvalue weighted by molar-refractivity contribution is 6.31. The monoisotopic (exact) mass is 295 g/mol. The molecule has 0 radical (unpaired) electrons. The highest BCUT2D eigenvalue weighted by Crippen LogP contribution is 2.27. The van der Waals surface area contributed by atoms with Crippen molar-refractivity contribution in [3.8, 4) is 0 Å². The summed E-state index contributed by atoms with van der Waals surface area (Å²) in [6.07, 6.45) is -4.78. The molecule has 1 rings (SSSR count). The van der Waals surface area contributed by atoms with Crippen molar-refractivity contribution < 1.29 is 23.1 Å². The third kappa shape index (κ3) is 4.40.